The summed E-state index contributed by atoms with van der Waals surface area (Å²) in [6.45, 7) is 8.28. The molecule has 5 heteroatoms. The molecule has 1 saturated carbocycles. The number of piperidine rings is 1. The summed E-state index contributed by atoms with van der Waals surface area (Å²) in [5.41, 5.74) is 1.81. The summed E-state index contributed by atoms with van der Waals surface area (Å²) in [7, 11) is 0. The van der Waals surface area contributed by atoms with E-state index in [-0.39, 0.29) is 5.91 Å². The third-order valence-electron chi connectivity index (χ3n) is 5.58. The molecule has 128 valence electrons. The number of hydrogen-bond acceptors (Lipinski definition) is 3. The van der Waals surface area contributed by atoms with Gasteiger partial charge in [-0.25, -0.2) is 0 Å². The lowest BCUT2D eigenvalue weighted by molar-refractivity contribution is -0.114. The molecule has 1 saturated heterocycles. The molecule has 2 aromatic rings. The Kier molecular flexibility index (Phi) is 3.96. The number of likely N-dealkylation sites (tertiary alicyclic amines) is 1. The van der Waals surface area contributed by atoms with Crippen molar-refractivity contribution in [3.8, 4) is 5.75 Å². The van der Waals surface area contributed by atoms with Crippen LogP contribution in [0.3, 0.4) is 0 Å². The Labute approximate surface area is 142 Å². The van der Waals surface area contributed by atoms with E-state index in [0.29, 0.717) is 0 Å². The number of nitrogens with zero attached hydrogens (tertiary/aromatic N) is 1. The van der Waals surface area contributed by atoms with Gasteiger partial charge in [0.05, 0.1) is 12.3 Å². The SMILES string of the molecule is CCN1C[C@@H]2C(CCOc3ccc4[nH]cc(NC(C)=O)c4c3)[C@@H]2C1. The number of nitrogens with one attached hydrogen (secondary N) is 2. The van der Waals surface area contributed by atoms with Crippen molar-refractivity contribution < 1.29 is 9.53 Å². The Morgan fingerprint density at radius 2 is 2.17 bits per heavy atom. The molecule has 0 radical (unpaired) electrons. The molecule has 1 aromatic heterocycles. The first-order chi connectivity index (χ1) is 11.7. The van der Waals surface area contributed by atoms with E-state index in [1.54, 1.807) is 0 Å². The third-order valence-corrected chi connectivity index (χ3v) is 5.58. The van der Waals surface area contributed by atoms with E-state index in [4.69, 9.17) is 4.74 Å². The van der Waals surface area contributed by atoms with Crippen molar-refractivity contribution in [2.24, 2.45) is 17.8 Å². The van der Waals surface area contributed by atoms with Gasteiger partial charge in [0.2, 0.25) is 5.91 Å². The minimum absolute atomic E-state index is 0.0661. The maximum Gasteiger partial charge on any atom is 0.221 e. The molecule has 1 aliphatic carbocycles. The van der Waals surface area contributed by atoms with Gasteiger partial charge in [0.1, 0.15) is 5.75 Å². The van der Waals surface area contributed by atoms with Crippen LogP contribution in [0.2, 0.25) is 0 Å². The molecular formula is C19H25N3O2. The number of aromatic amines is 1. The van der Waals surface area contributed by atoms with E-state index in [1.165, 1.54) is 26.6 Å². The summed E-state index contributed by atoms with van der Waals surface area (Å²) in [5, 5.41) is 3.84. The minimum atomic E-state index is -0.0661. The van der Waals surface area contributed by atoms with Crippen LogP contribution in [0, 0.1) is 17.8 Å². The smallest absolute Gasteiger partial charge is 0.221 e. The molecule has 1 aromatic carbocycles. The fraction of sp³-hybridized carbons (Fsp3) is 0.526. The van der Waals surface area contributed by atoms with Crippen molar-refractivity contribution in [1.82, 2.24) is 9.88 Å². The van der Waals surface area contributed by atoms with Gasteiger partial charge in [0, 0.05) is 37.1 Å². The predicted molar refractivity (Wildman–Crippen MR) is 95.3 cm³/mol. The number of H-pyrrole nitrogens is 1. The predicted octanol–water partition coefficient (Wildman–Crippen LogP) is 3.09. The van der Waals surface area contributed by atoms with Crippen molar-refractivity contribution in [2.45, 2.75) is 20.3 Å². The van der Waals surface area contributed by atoms with Gasteiger partial charge < -0.3 is 19.9 Å². The molecular weight excluding hydrogens is 302 g/mol. The molecule has 2 N–H and O–H groups in total. The average molecular weight is 327 g/mol. The van der Waals surface area contributed by atoms with E-state index >= 15 is 0 Å². The molecule has 5 nitrogen and oxygen atoms in total. The highest BCUT2D eigenvalue weighted by atomic mass is 16.5. The number of benzene rings is 1. The van der Waals surface area contributed by atoms with E-state index in [9.17, 15) is 4.79 Å². The molecule has 2 heterocycles. The van der Waals surface area contributed by atoms with Gasteiger partial charge in [0.15, 0.2) is 0 Å². The fourth-order valence-corrected chi connectivity index (χ4v) is 4.22. The zero-order valence-corrected chi connectivity index (χ0v) is 14.3. The number of hydrogen-bond donors (Lipinski definition) is 2. The van der Waals surface area contributed by atoms with Crippen LogP contribution < -0.4 is 10.1 Å². The van der Waals surface area contributed by atoms with E-state index < -0.39 is 0 Å². The summed E-state index contributed by atoms with van der Waals surface area (Å²) in [5.74, 6) is 3.48. The van der Waals surface area contributed by atoms with Crippen molar-refractivity contribution in [2.75, 3.05) is 31.6 Å². The number of amides is 1. The van der Waals surface area contributed by atoms with Gasteiger partial charge in [-0.05, 0) is 48.9 Å². The van der Waals surface area contributed by atoms with Gasteiger partial charge >= 0.3 is 0 Å². The number of carbonyl (C=O) groups excluding carboxylic acids is 1. The number of carbonyl (C=O) groups is 1. The molecule has 0 spiro atoms. The molecule has 2 fully saturated rings. The number of anilines is 1. The molecule has 1 amide bonds. The monoisotopic (exact) mass is 327 g/mol. The molecule has 1 aliphatic heterocycles. The second-order valence-corrected chi connectivity index (χ2v) is 7.07. The van der Waals surface area contributed by atoms with Crippen molar-refractivity contribution >= 4 is 22.5 Å². The van der Waals surface area contributed by atoms with Crippen molar-refractivity contribution in [3.05, 3.63) is 24.4 Å². The lowest BCUT2D eigenvalue weighted by Crippen LogP contribution is -2.24. The van der Waals surface area contributed by atoms with E-state index in [2.05, 4.69) is 22.1 Å². The summed E-state index contributed by atoms with van der Waals surface area (Å²) in [4.78, 5) is 17.0. The van der Waals surface area contributed by atoms with Crippen LogP contribution in [0.1, 0.15) is 20.3 Å². The zero-order valence-electron chi connectivity index (χ0n) is 14.3. The fourth-order valence-electron chi connectivity index (χ4n) is 4.22. The van der Waals surface area contributed by atoms with Gasteiger partial charge in [-0.15, -0.1) is 0 Å². The van der Waals surface area contributed by atoms with Crippen LogP contribution in [0.15, 0.2) is 24.4 Å². The Morgan fingerprint density at radius 3 is 2.88 bits per heavy atom. The first kappa shape index (κ1) is 15.5. The molecule has 3 atom stereocenters. The maximum atomic E-state index is 11.3. The highest BCUT2D eigenvalue weighted by Crippen LogP contribution is 2.53. The maximum absolute atomic E-state index is 11.3. The Hall–Kier alpha value is -2.01. The lowest BCUT2D eigenvalue weighted by atomic mass is 10.2. The Bertz CT molecular complexity index is 742. The first-order valence-corrected chi connectivity index (χ1v) is 8.89. The highest BCUT2D eigenvalue weighted by Gasteiger charge is 2.54. The van der Waals surface area contributed by atoms with E-state index in [0.717, 1.165) is 53.1 Å². The summed E-state index contributed by atoms with van der Waals surface area (Å²) >= 11 is 0. The summed E-state index contributed by atoms with van der Waals surface area (Å²) in [6.07, 6.45) is 2.97. The largest absolute Gasteiger partial charge is 0.494 e. The van der Waals surface area contributed by atoms with Gasteiger partial charge in [-0.2, -0.15) is 0 Å². The minimum Gasteiger partial charge on any atom is -0.494 e. The van der Waals surface area contributed by atoms with Crippen LogP contribution in [0.5, 0.6) is 5.75 Å². The lowest BCUT2D eigenvalue weighted by Gasteiger charge is -2.16. The zero-order chi connectivity index (χ0) is 16.7. The Balaban J connectivity index is 1.33. The normalized spacial score (nSPS) is 25.7. The van der Waals surface area contributed by atoms with Crippen LogP contribution in [-0.2, 0) is 4.79 Å². The Morgan fingerprint density at radius 1 is 1.38 bits per heavy atom. The summed E-state index contributed by atoms with van der Waals surface area (Å²) < 4.78 is 5.97. The van der Waals surface area contributed by atoms with Gasteiger partial charge in [0.25, 0.3) is 0 Å². The van der Waals surface area contributed by atoms with Gasteiger partial charge in [-0.3, -0.25) is 4.79 Å². The van der Waals surface area contributed by atoms with Crippen LogP contribution in [0.4, 0.5) is 5.69 Å². The van der Waals surface area contributed by atoms with Crippen molar-refractivity contribution in [3.63, 3.8) is 0 Å². The second kappa shape index (κ2) is 6.13. The van der Waals surface area contributed by atoms with Crippen LogP contribution in [-0.4, -0.2) is 42.0 Å². The quantitative estimate of drug-likeness (QED) is 0.857. The third kappa shape index (κ3) is 2.88. The highest BCUT2D eigenvalue weighted by molar-refractivity contribution is 6.01. The molecule has 4 rings (SSSR count). The standard InChI is InChI=1S/C19H25N3O2/c1-3-22-10-16-14(17(16)11-22)6-7-24-13-4-5-18-15(8-13)19(9-20-18)21-12(2)23/h4-5,8-9,14,16-17,20H,3,6-7,10-11H2,1-2H3,(H,21,23)/t14?,16-,17+. The van der Waals surface area contributed by atoms with Crippen LogP contribution in [0.25, 0.3) is 10.9 Å². The second-order valence-electron chi connectivity index (χ2n) is 7.07. The number of fused-ring (bicyclic) bond motifs is 2. The first-order valence-electron chi connectivity index (χ1n) is 8.89. The van der Waals surface area contributed by atoms with Crippen molar-refractivity contribution in [1.29, 1.82) is 0 Å². The molecule has 1 unspecified atom stereocenters. The average Bonchev–Trinajstić information content (AvgIpc) is 2.91. The van der Waals surface area contributed by atoms with E-state index in [1.807, 2.05) is 24.4 Å². The number of ether oxygens (including phenoxy) is 1. The molecule has 2 aliphatic rings. The summed E-state index contributed by atoms with van der Waals surface area (Å²) in [6, 6.07) is 5.99. The number of aromatic nitrogens is 1. The molecule has 0 bridgehead atoms. The van der Waals surface area contributed by atoms with Gasteiger partial charge in [-0.1, -0.05) is 6.92 Å². The molecule has 24 heavy (non-hydrogen) atoms. The number of rotatable bonds is 6. The van der Waals surface area contributed by atoms with Crippen LogP contribution >= 0.6 is 0 Å². The topological polar surface area (TPSA) is 57.4 Å².